The van der Waals surface area contributed by atoms with Gasteiger partial charge >= 0.3 is 0 Å². The van der Waals surface area contributed by atoms with Crippen LogP contribution in [0.25, 0.3) is 0 Å². The highest BCUT2D eigenvalue weighted by Crippen LogP contribution is 2.34. The number of hydrogen-bond acceptors (Lipinski definition) is 3. The van der Waals surface area contributed by atoms with Crippen LogP contribution in [0.3, 0.4) is 0 Å². The molecule has 1 rings (SSSR count). The minimum Gasteiger partial charge on any atom is -0.394 e. The van der Waals surface area contributed by atoms with Gasteiger partial charge in [-0.15, -0.1) is 0 Å². The minimum absolute atomic E-state index is 0.0171. The van der Waals surface area contributed by atoms with Gasteiger partial charge < -0.3 is 10.4 Å². The Labute approximate surface area is 91.4 Å². The SMILES string of the molecule is CC(C)CNC(=O)C(C)NC1(CO)CC1. The van der Waals surface area contributed by atoms with Crippen LogP contribution < -0.4 is 10.6 Å². The zero-order chi connectivity index (χ0) is 11.5. The maximum Gasteiger partial charge on any atom is 0.236 e. The Morgan fingerprint density at radius 3 is 2.40 bits per heavy atom. The summed E-state index contributed by atoms with van der Waals surface area (Å²) in [5.74, 6) is 0.484. The molecule has 0 bridgehead atoms. The predicted octanol–water partition coefficient (Wildman–Crippen LogP) is 0.262. The second-order valence-corrected chi connectivity index (χ2v) is 4.94. The number of carbonyl (C=O) groups excluding carboxylic acids is 1. The third-order valence-electron chi connectivity index (χ3n) is 2.76. The molecule has 0 spiro atoms. The molecule has 4 nitrogen and oxygen atoms in total. The molecule has 0 saturated heterocycles. The van der Waals surface area contributed by atoms with Gasteiger partial charge in [-0.2, -0.15) is 0 Å². The fourth-order valence-corrected chi connectivity index (χ4v) is 1.48. The second-order valence-electron chi connectivity index (χ2n) is 4.94. The van der Waals surface area contributed by atoms with Gasteiger partial charge in [-0.25, -0.2) is 0 Å². The van der Waals surface area contributed by atoms with E-state index in [-0.39, 0.29) is 24.1 Å². The van der Waals surface area contributed by atoms with E-state index in [1.165, 1.54) is 0 Å². The maximum atomic E-state index is 11.6. The molecule has 1 unspecified atom stereocenters. The van der Waals surface area contributed by atoms with Crippen LogP contribution in [0.2, 0.25) is 0 Å². The van der Waals surface area contributed by atoms with E-state index in [1.54, 1.807) is 0 Å². The third-order valence-corrected chi connectivity index (χ3v) is 2.76. The topological polar surface area (TPSA) is 61.4 Å². The highest BCUT2D eigenvalue weighted by Gasteiger charge is 2.43. The van der Waals surface area contributed by atoms with Crippen molar-refractivity contribution >= 4 is 5.91 Å². The van der Waals surface area contributed by atoms with Gasteiger partial charge in [0.2, 0.25) is 5.91 Å². The van der Waals surface area contributed by atoms with Crippen molar-refractivity contribution in [3.8, 4) is 0 Å². The van der Waals surface area contributed by atoms with E-state index < -0.39 is 0 Å². The monoisotopic (exact) mass is 214 g/mol. The molecular weight excluding hydrogens is 192 g/mol. The van der Waals surface area contributed by atoms with Crippen molar-refractivity contribution < 1.29 is 9.90 Å². The van der Waals surface area contributed by atoms with E-state index >= 15 is 0 Å². The van der Waals surface area contributed by atoms with Crippen molar-refractivity contribution in [3.05, 3.63) is 0 Å². The van der Waals surface area contributed by atoms with Gasteiger partial charge in [-0.1, -0.05) is 13.8 Å². The first kappa shape index (κ1) is 12.5. The molecule has 0 heterocycles. The molecule has 0 aromatic carbocycles. The summed E-state index contributed by atoms with van der Waals surface area (Å²) in [6.07, 6.45) is 1.93. The van der Waals surface area contributed by atoms with Crippen LogP contribution in [0.4, 0.5) is 0 Å². The van der Waals surface area contributed by atoms with Crippen LogP contribution in [-0.2, 0) is 4.79 Å². The molecule has 1 aliphatic carbocycles. The number of nitrogens with one attached hydrogen (secondary N) is 2. The van der Waals surface area contributed by atoms with E-state index in [0.29, 0.717) is 12.5 Å². The Hall–Kier alpha value is -0.610. The highest BCUT2D eigenvalue weighted by atomic mass is 16.3. The Kier molecular flexibility index (Phi) is 4.11. The number of amides is 1. The average Bonchev–Trinajstić information content (AvgIpc) is 2.94. The van der Waals surface area contributed by atoms with E-state index in [4.69, 9.17) is 5.11 Å². The normalized spacial score (nSPS) is 20.1. The van der Waals surface area contributed by atoms with Crippen LogP contribution in [0, 0.1) is 5.92 Å². The average molecular weight is 214 g/mol. The Balaban J connectivity index is 2.27. The summed E-state index contributed by atoms with van der Waals surface area (Å²) in [5, 5.41) is 15.2. The van der Waals surface area contributed by atoms with E-state index in [9.17, 15) is 4.79 Å². The molecule has 0 aromatic rings. The summed E-state index contributed by atoms with van der Waals surface area (Å²) < 4.78 is 0. The van der Waals surface area contributed by atoms with E-state index in [2.05, 4.69) is 24.5 Å². The summed E-state index contributed by atoms with van der Waals surface area (Å²) >= 11 is 0. The van der Waals surface area contributed by atoms with Crippen LogP contribution in [0.1, 0.15) is 33.6 Å². The summed E-state index contributed by atoms with van der Waals surface area (Å²) in [5.41, 5.74) is -0.172. The second kappa shape index (κ2) is 4.94. The van der Waals surface area contributed by atoms with Crippen LogP contribution in [0.5, 0.6) is 0 Å². The van der Waals surface area contributed by atoms with Crippen molar-refractivity contribution in [1.29, 1.82) is 0 Å². The molecule has 3 N–H and O–H groups in total. The van der Waals surface area contributed by atoms with E-state index in [0.717, 1.165) is 12.8 Å². The van der Waals surface area contributed by atoms with Gasteiger partial charge in [0.05, 0.1) is 12.6 Å². The van der Waals surface area contributed by atoms with Crippen molar-refractivity contribution in [3.63, 3.8) is 0 Å². The molecule has 15 heavy (non-hydrogen) atoms. The Morgan fingerprint density at radius 1 is 1.40 bits per heavy atom. The first-order chi connectivity index (χ1) is 6.99. The lowest BCUT2D eigenvalue weighted by Crippen LogP contribution is -2.49. The number of carbonyl (C=O) groups is 1. The molecule has 1 aliphatic rings. The first-order valence-electron chi connectivity index (χ1n) is 5.65. The van der Waals surface area contributed by atoms with Crippen LogP contribution in [-0.4, -0.2) is 35.7 Å². The van der Waals surface area contributed by atoms with Gasteiger partial charge in [-0.3, -0.25) is 10.1 Å². The highest BCUT2D eigenvalue weighted by molar-refractivity contribution is 5.81. The molecule has 1 saturated carbocycles. The Bertz CT molecular complexity index is 225. The van der Waals surface area contributed by atoms with E-state index in [1.807, 2.05) is 6.92 Å². The van der Waals surface area contributed by atoms with Gasteiger partial charge in [-0.05, 0) is 25.7 Å². The van der Waals surface area contributed by atoms with Crippen LogP contribution in [0.15, 0.2) is 0 Å². The summed E-state index contributed by atoms with van der Waals surface area (Å²) in [6, 6.07) is -0.224. The van der Waals surface area contributed by atoms with Gasteiger partial charge in [0.1, 0.15) is 0 Å². The molecule has 1 fully saturated rings. The smallest absolute Gasteiger partial charge is 0.236 e. The van der Waals surface area contributed by atoms with Gasteiger partial charge in [0, 0.05) is 12.1 Å². The van der Waals surface area contributed by atoms with Crippen molar-refractivity contribution in [2.24, 2.45) is 5.92 Å². The third kappa shape index (κ3) is 3.80. The lowest BCUT2D eigenvalue weighted by molar-refractivity contribution is -0.123. The largest absolute Gasteiger partial charge is 0.394 e. The zero-order valence-corrected chi connectivity index (χ0v) is 9.84. The molecule has 0 radical (unpaired) electrons. The summed E-state index contributed by atoms with van der Waals surface area (Å²) in [6.45, 7) is 6.79. The molecule has 88 valence electrons. The van der Waals surface area contributed by atoms with Gasteiger partial charge in [0.15, 0.2) is 0 Å². The Morgan fingerprint density at radius 2 is 2.00 bits per heavy atom. The molecular formula is C11H22N2O2. The standard InChI is InChI=1S/C11H22N2O2/c1-8(2)6-12-10(15)9(3)13-11(7-14)4-5-11/h8-9,13-14H,4-7H2,1-3H3,(H,12,15). The molecule has 0 aromatic heterocycles. The summed E-state index contributed by atoms with van der Waals surface area (Å²) in [4.78, 5) is 11.6. The van der Waals surface area contributed by atoms with Crippen molar-refractivity contribution in [2.45, 2.75) is 45.2 Å². The summed E-state index contributed by atoms with van der Waals surface area (Å²) in [7, 11) is 0. The number of aliphatic hydroxyl groups excluding tert-OH is 1. The quantitative estimate of drug-likeness (QED) is 0.594. The first-order valence-corrected chi connectivity index (χ1v) is 5.65. The fraction of sp³-hybridized carbons (Fsp3) is 0.909. The minimum atomic E-state index is -0.224. The molecule has 4 heteroatoms. The fourth-order valence-electron chi connectivity index (χ4n) is 1.48. The zero-order valence-electron chi connectivity index (χ0n) is 9.84. The lowest BCUT2D eigenvalue weighted by Gasteiger charge is -2.20. The molecule has 1 atom stereocenters. The maximum absolute atomic E-state index is 11.6. The lowest BCUT2D eigenvalue weighted by atomic mass is 10.2. The molecule has 1 amide bonds. The number of rotatable bonds is 6. The van der Waals surface area contributed by atoms with Gasteiger partial charge in [0.25, 0.3) is 0 Å². The van der Waals surface area contributed by atoms with Crippen molar-refractivity contribution in [2.75, 3.05) is 13.2 Å². The number of hydrogen-bond donors (Lipinski definition) is 3. The number of aliphatic hydroxyl groups is 1. The molecule has 0 aliphatic heterocycles. The predicted molar refractivity (Wildman–Crippen MR) is 59.5 cm³/mol. The van der Waals surface area contributed by atoms with Crippen molar-refractivity contribution in [1.82, 2.24) is 10.6 Å². The van der Waals surface area contributed by atoms with Crippen LogP contribution >= 0.6 is 0 Å².